The molecule has 0 radical (unpaired) electrons. The Balaban J connectivity index is 2.05. The lowest BCUT2D eigenvalue weighted by Crippen LogP contribution is -2.09. The minimum absolute atomic E-state index is 0.0185. The number of hydrogen-bond donors (Lipinski definition) is 1. The molecule has 0 saturated carbocycles. The molecule has 2 aromatic rings. The van der Waals surface area contributed by atoms with Gasteiger partial charge in [-0.05, 0) is 28.6 Å². The number of anilines is 1. The van der Waals surface area contributed by atoms with Crippen LogP contribution in [-0.2, 0) is 11.8 Å². The van der Waals surface area contributed by atoms with Crippen LogP contribution in [0.1, 0.15) is 17.3 Å². The molecule has 0 aliphatic carbocycles. The molecule has 110 valence electrons. The third-order valence-corrected chi connectivity index (χ3v) is 3.51. The molecule has 0 bridgehead atoms. The van der Waals surface area contributed by atoms with Gasteiger partial charge in [-0.1, -0.05) is 11.8 Å². The van der Waals surface area contributed by atoms with E-state index in [9.17, 15) is 14.0 Å². The second-order valence-corrected chi connectivity index (χ2v) is 5.12. The van der Waals surface area contributed by atoms with Gasteiger partial charge in [0.25, 0.3) is 0 Å². The number of tetrazole rings is 1. The number of ketones is 1. The number of aryl methyl sites for hydroxylation is 1. The van der Waals surface area contributed by atoms with Gasteiger partial charge >= 0.3 is 0 Å². The quantitative estimate of drug-likeness (QED) is 0.661. The normalized spacial score (nSPS) is 10.4. The van der Waals surface area contributed by atoms with E-state index >= 15 is 0 Å². The van der Waals surface area contributed by atoms with Gasteiger partial charge in [0, 0.05) is 19.7 Å². The topological polar surface area (TPSA) is 89.8 Å². The molecule has 1 amide bonds. The van der Waals surface area contributed by atoms with E-state index in [0.717, 1.165) is 17.8 Å². The first kappa shape index (κ1) is 15.1. The highest BCUT2D eigenvalue weighted by atomic mass is 32.2. The Kier molecular flexibility index (Phi) is 4.63. The molecule has 9 heteroatoms. The average Bonchev–Trinajstić information content (AvgIpc) is 2.81. The third kappa shape index (κ3) is 3.85. The van der Waals surface area contributed by atoms with Gasteiger partial charge in [-0.15, -0.1) is 5.10 Å². The number of carbonyl (C=O) groups is 2. The Hall–Kier alpha value is -2.29. The Bertz CT molecular complexity index is 688. The maximum absolute atomic E-state index is 13.9. The van der Waals surface area contributed by atoms with Gasteiger partial charge in [-0.25, -0.2) is 9.07 Å². The summed E-state index contributed by atoms with van der Waals surface area (Å²) in [5, 5.41) is 13.7. The molecule has 1 heterocycles. The first-order valence-electron chi connectivity index (χ1n) is 5.93. The van der Waals surface area contributed by atoms with E-state index in [4.69, 9.17) is 0 Å². The van der Waals surface area contributed by atoms with Crippen LogP contribution in [0, 0.1) is 5.82 Å². The second-order valence-electron chi connectivity index (χ2n) is 4.17. The van der Waals surface area contributed by atoms with Gasteiger partial charge in [0.2, 0.25) is 11.1 Å². The zero-order valence-corrected chi connectivity index (χ0v) is 12.1. The molecule has 0 aliphatic heterocycles. The molecular weight excluding hydrogens is 297 g/mol. The standard InChI is InChI=1S/C12H12FN5O2S/c1-7(19)14-8-3-4-9(10(13)5-8)11(20)6-21-12-15-16-17-18(12)2/h3-5H,6H2,1-2H3,(H,14,19). The molecule has 1 N–H and O–H groups in total. The smallest absolute Gasteiger partial charge is 0.221 e. The van der Waals surface area contributed by atoms with Crippen molar-refractivity contribution >= 4 is 29.1 Å². The number of amides is 1. The molecule has 0 saturated heterocycles. The Morgan fingerprint density at radius 2 is 2.19 bits per heavy atom. The summed E-state index contributed by atoms with van der Waals surface area (Å²) >= 11 is 1.12. The Morgan fingerprint density at radius 3 is 2.76 bits per heavy atom. The number of halogens is 1. The average molecular weight is 309 g/mol. The van der Waals surface area contributed by atoms with E-state index in [1.807, 2.05) is 0 Å². The number of hydrogen-bond acceptors (Lipinski definition) is 6. The molecule has 7 nitrogen and oxygen atoms in total. The van der Waals surface area contributed by atoms with Crippen LogP contribution in [0.15, 0.2) is 23.4 Å². The monoisotopic (exact) mass is 309 g/mol. The number of nitrogens with zero attached hydrogens (tertiary/aromatic N) is 4. The largest absolute Gasteiger partial charge is 0.326 e. The van der Waals surface area contributed by atoms with Crippen LogP contribution < -0.4 is 5.32 Å². The highest BCUT2D eigenvalue weighted by Gasteiger charge is 2.14. The number of thioether (sulfide) groups is 1. The van der Waals surface area contributed by atoms with E-state index in [1.165, 1.54) is 23.7 Å². The molecule has 0 aliphatic rings. The van der Waals surface area contributed by atoms with Crippen molar-refractivity contribution in [1.82, 2.24) is 20.2 Å². The number of Topliss-reactive ketones (excluding diaryl/α,β-unsaturated/α-hetero) is 1. The van der Waals surface area contributed by atoms with Crippen molar-refractivity contribution < 1.29 is 14.0 Å². The molecule has 21 heavy (non-hydrogen) atoms. The van der Waals surface area contributed by atoms with Gasteiger partial charge < -0.3 is 5.32 Å². The summed E-state index contributed by atoms with van der Waals surface area (Å²) in [4.78, 5) is 22.9. The predicted octanol–water partition coefficient (Wildman–Crippen LogP) is 1.28. The van der Waals surface area contributed by atoms with Crippen LogP contribution in [0.2, 0.25) is 0 Å². The Morgan fingerprint density at radius 1 is 1.43 bits per heavy atom. The SMILES string of the molecule is CC(=O)Nc1ccc(C(=O)CSc2nnnn2C)c(F)c1. The molecule has 2 rings (SSSR count). The van der Waals surface area contributed by atoms with Gasteiger partial charge in [-0.2, -0.15) is 0 Å². The fourth-order valence-corrected chi connectivity index (χ4v) is 2.31. The summed E-state index contributed by atoms with van der Waals surface area (Å²) in [6.45, 7) is 1.32. The van der Waals surface area contributed by atoms with Gasteiger partial charge in [0.1, 0.15) is 5.82 Å². The van der Waals surface area contributed by atoms with Crippen LogP contribution in [0.5, 0.6) is 0 Å². The van der Waals surface area contributed by atoms with Crippen molar-refractivity contribution in [3.8, 4) is 0 Å². The number of benzene rings is 1. The second kappa shape index (κ2) is 6.44. The number of carbonyl (C=O) groups excluding carboxylic acids is 2. The van der Waals surface area contributed by atoms with Gasteiger partial charge in [0.05, 0.1) is 11.3 Å². The first-order valence-corrected chi connectivity index (χ1v) is 6.91. The molecule has 1 aromatic carbocycles. The number of rotatable bonds is 5. The predicted molar refractivity (Wildman–Crippen MR) is 74.6 cm³/mol. The van der Waals surface area contributed by atoms with Gasteiger partial charge in [0.15, 0.2) is 5.78 Å². The first-order chi connectivity index (χ1) is 9.97. The third-order valence-electron chi connectivity index (χ3n) is 2.50. The fourth-order valence-electron chi connectivity index (χ4n) is 1.57. The molecule has 0 fully saturated rings. The maximum atomic E-state index is 13.9. The summed E-state index contributed by atoms with van der Waals surface area (Å²) in [5.74, 6) is -1.35. The maximum Gasteiger partial charge on any atom is 0.221 e. The van der Waals surface area contributed by atoms with Crippen LogP contribution in [0.25, 0.3) is 0 Å². The van der Waals surface area contributed by atoms with Crippen molar-refractivity contribution in [3.05, 3.63) is 29.6 Å². The summed E-state index contributed by atoms with van der Waals surface area (Å²) in [6.07, 6.45) is 0. The van der Waals surface area contributed by atoms with E-state index in [2.05, 4.69) is 20.8 Å². The van der Waals surface area contributed by atoms with Crippen molar-refractivity contribution in [2.45, 2.75) is 12.1 Å². The lowest BCUT2D eigenvalue weighted by atomic mass is 10.1. The summed E-state index contributed by atoms with van der Waals surface area (Å²) in [6, 6.07) is 3.94. The highest BCUT2D eigenvalue weighted by molar-refractivity contribution is 7.99. The summed E-state index contributed by atoms with van der Waals surface area (Å²) < 4.78 is 15.3. The lowest BCUT2D eigenvalue weighted by molar-refractivity contribution is -0.114. The van der Waals surface area contributed by atoms with E-state index in [0.29, 0.717) is 10.8 Å². The van der Waals surface area contributed by atoms with Gasteiger partial charge in [-0.3, -0.25) is 9.59 Å². The highest BCUT2D eigenvalue weighted by Crippen LogP contribution is 2.19. The fraction of sp³-hybridized carbons (Fsp3) is 0.250. The van der Waals surface area contributed by atoms with Crippen LogP contribution in [0.3, 0.4) is 0 Å². The number of nitrogens with one attached hydrogen (secondary N) is 1. The van der Waals surface area contributed by atoms with E-state index in [-0.39, 0.29) is 23.0 Å². The van der Waals surface area contributed by atoms with Crippen molar-refractivity contribution in [2.75, 3.05) is 11.1 Å². The molecule has 0 atom stereocenters. The summed E-state index contributed by atoms with van der Waals surface area (Å²) in [5.41, 5.74) is 0.272. The molecule has 1 aromatic heterocycles. The minimum Gasteiger partial charge on any atom is -0.326 e. The van der Waals surface area contributed by atoms with Crippen molar-refractivity contribution in [3.63, 3.8) is 0 Å². The number of aromatic nitrogens is 4. The van der Waals surface area contributed by atoms with Crippen LogP contribution >= 0.6 is 11.8 Å². The van der Waals surface area contributed by atoms with Crippen molar-refractivity contribution in [2.24, 2.45) is 7.05 Å². The Labute approximate surface area is 123 Å². The van der Waals surface area contributed by atoms with Crippen molar-refractivity contribution in [1.29, 1.82) is 0 Å². The lowest BCUT2D eigenvalue weighted by Gasteiger charge is -2.05. The molecular formula is C12H12FN5O2S. The zero-order valence-electron chi connectivity index (χ0n) is 11.3. The zero-order chi connectivity index (χ0) is 15.4. The van der Waals surface area contributed by atoms with Crippen LogP contribution in [-0.4, -0.2) is 37.7 Å². The van der Waals surface area contributed by atoms with E-state index < -0.39 is 5.82 Å². The van der Waals surface area contributed by atoms with Crippen LogP contribution in [0.4, 0.5) is 10.1 Å². The molecule has 0 spiro atoms. The molecule has 0 unspecified atom stereocenters. The minimum atomic E-state index is -0.678. The summed E-state index contributed by atoms with van der Waals surface area (Å²) in [7, 11) is 1.65. The van der Waals surface area contributed by atoms with E-state index in [1.54, 1.807) is 7.05 Å².